The second kappa shape index (κ2) is 9.20. The summed E-state index contributed by atoms with van der Waals surface area (Å²) in [4.78, 5) is 16.9. The summed E-state index contributed by atoms with van der Waals surface area (Å²) >= 11 is 1.43. The van der Waals surface area contributed by atoms with Crippen LogP contribution in [0.4, 0.5) is 5.69 Å². The Bertz CT molecular complexity index is 1010. The van der Waals surface area contributed by atoms with Crippen molar-refractivity contribution in [1.29, 1.82) is 5.26 Å². The molecular formula is C23H21N3OS. The van der Waals surface area contributed by atoms with Gasteiger partial charge >= 0.3 is 0 Å². The number of nitrogens with zero attached hydrogens (tertiary/aromatic N) is 2. The number of aryl methyl sites for hydroxylation is 2. The zero-order chi connectivity index (χ0) is 19.9. The molecule has 4 nitrogen and oxygen atoms in total. The van der Waals surface area contributed by atoms with Gasteiger partial charge in [0.05, 0.1) is 11.3 Å². The molecule has 0 saturated heterocycles. The molecule has 2 aromatic carbocycles. The van der Waals surface area contributed by atoms with Gasteiger partial charge in [-0.3, -0.25) is 4.79 Å². The fourth-order valence-corrected chi connectivity index (χ4v) is 3.83. The van der Waals surface area contributed by atoms with Crippen molar-refractivity contribution >= 4 is 23.4 Å². The van der Waals surface area contributed by atoms with Crippen LogP contribution in [0.1, 0.15) is 23.1 Å². The Hall–Kier alpha value is -3.10. The highest BCUT2D eigenvalue weighted by Crippen LogP contribution is 2.26. The van der Waals surface area contributed by atoms with E-state index in [4.69, 9.17) is 0 Å². The zero-order valence-corrected chi connectivity index (χ0v) is 16.7. The number of hydrogen-bond donors (Lipinski definition) is 1. The molecule has 0 saturated carbocycles. The molecule has 0 spiro atoms. The first-order valence-corrected chi connectivity index (χ1v) is 10.0. The summed E-state index contributed by atoms with van der Waals surface area (Å²) in [6.07, 6.45) is 0.347. The molecule has 1 heterocycles. The van der Waals surface area contributed by atoms with E-state index in [2.05, 4.69) is 22.4 Å². The summed E-state index contributed by atoms with van der Waals surface area (Å²) in [7, 11) is 0. The second-order valence-corrected chi connectivity index (χ2v) is 7.63. The van der Waals surface area contributed by atoms with Crippen LogP contribution in [0.2, 0.25) is 0 Å². The summed E-state index contributed by atoms with van der Waals surface area (Å²) in [5.41, 5.74) is 5.40. The molecular weight excluding hydrogens is 366 g/mol. The number of amides is 1. The first-order chi connectivity index (χ1) is 13.5. The van der Waals surface area contributed by atoms with Gasteiger partial charge in [0.15, 0.2) is 0 Å². The average molecular weight is 388 g/mol. The van der Waals surface area contributed by atoms with Gasteiger partial charge in [-0.2, -0.15) is 5.26 Å². The van der Waals surface area contributed by atoms with Crippen molar-refractivity contribution in [3.63, 3.8) is 0 Å². The molecule has 0 radical (unpaired) electrons. The number of carbonyl (C=O) groups is 1. The fourth-order valence-electron chi connectivity index (χ4n) is 2.92. The van der Waals surface area contributed by atoms with Crippen molar-refractivity contribution < 1.29 is 4.79 Å². The lowest BCUT2D eigenvalue weighted by Gasteiger charge is -2.09. The number of thioether (sulfide) groups is 1. The van der Waals surface area contributed by atoms with Crippen LogP contribution in [0.15, 0.2) is 65.7 Å². The first kappa shape index (κ1) is 19.7. The van der Waals surface area contributed by atoms with E-state index in [1.54, 1.807) is 6.07 Å². The monoisotopic (exact) mass is 387 g/mol. The molecule has 0 fully saturated rings. The SMILES string of the molecule is Cc1cc(C)cc(NC(=O)CCSc2nc(-c3ccccc3)ccc2C#N)c1. The predicted molar refractivity (Wildman–Crippen MR) is 114 cm³/mol. The van der Waals surface area contributed by atoms with Crippen molar-refractivity contribution in [1.82, 2.24) is 4.98 Å². The molecule has 0 bridgehead atoms. The molecule has 140 valence electrons. The molecule has 1 amide bonds. The molecule has 0 atom stereocenters. The summed E-state index contributed by atoms with van der Waals surface area (Å²) < 4.78 is 0. The van der Waals surface area contributed by atoms with Gasteiger partial charge in [-0.25, -0.2) is 4.98 Å². The van der Waals surface area contributed by atoms with Crippen LogP contribution < -0.4 is 5.32 Å². The molecule has 0 aliphatic rings. The number of aromatic nitrogens is 1. The third-order valence-corrected chi connectivity index (χ3v) is 5.12. The highest BCUT2D eigenvalue weighted by Gasteiger charge is 2.10. The van der Waals surface area contributed by atoms with E-state index in [0.717, 1.165) is 28.1 Å². The Labute approximate surface area is 169 Å². The lowest BCUT2D eigenvalue weighted by molar-refractivity contribution is -0.115. The normalized spacial score (nSPS) is 10.3. The van der Waals surface area contributed by atoms with Gasteiger partial charge in [-0.15, -0.1) is 11.8 Å². The van der Waals surface area contributed by atoms with Gasteiger partial charge in [0, 0.05) is 23.4 Å². The number of benzene rings is 2. The van der Waals surface area contributed by atoms with Crippen molar-refractivity contribution in [2.24, 2.45) is 0 Å². The Morgan fingerprint density at radius 2 is 1.79 bits per heavy atom. The molecule has 0 unspecified atom stereocenters. The number of rotatable bonds is 6. The first-order valence-electron chi connectivity index (χ1n) is 9.02. The summed E-state index contributed by atoms with van der Waals surface area (Å²) in [5.74, 6) is 0.506. The Morgan fingerprint density at radius 3 is 2.46 bits per heavy atom. The number of pyridine rings is 1. The topological polar surface area (TPSA) is 65.8 Å². The maximum absolute atomic E-state index is 12.3. The Balaban J connectivity index is 1.63. The number of hydrogen-bond acceptors (Lipinski definition) is 4. The van der Waals surface area contributed by atoms with Crippen LogP contribution in [0, 0.1) is 25.2 Å². The molecule has 0 aliphatic carbocycles. The maximum Gasteiger partial charge on any atom is 0.225 e. The lowest BCUT2D eigenvalue weighted by Crippen LogP contribution is -2.12. The minimum atomic E-state index is -0.0461. The third-order valence-electron chi connectivity index (χ3n) is 4.12. The molecule has 1 N–H and O–H groups in total. The van der Waals surface area contributed by atoms with Gasteiger partial charge in [-0.1, -0.05) is 36.4 Å². The van der Waals surface area contributed by atoms with Crippen molar-refractivity contribution in [2.45, 2.75) is 25.3 Å². The van der Waals surface area contributed by atoms with Gasteiger partial charge in [-0.05, 0) is 49.2 Å². The minimum absolute atomic E-state index is 0.0461. The Morgan fingerprint density at radius 1 is 1.07 bits per heavy atom. The number of nitriles is 1. The van der Waals surface area contributed by atoms with E-state index in [1.807, 2.05) is 62.4 Å². The van der Waals surface area contributed by atoms with Crippen molar-refractivity contribution in [3.05, 3.63) is 77.4 Å². The molecule has 1 aromatic heterocycles. The smallest absolute Gasteiger partial charge is 0.225 e. The molecule has 0 aliphatic heterocycles. The van der Waals surface area contributed by atoms with E-state index in [0.29, 0.717) is 22.8 Å². The summed E-state index contributed by atoms with van der Waals surface area (Å²) in [5, 5.41) is 12.9. The van der Waals surface area contributed by atoms with Crippen molar-refractivity contribution in [3.8, 4) is 17.3 Å². The molecule has 3 aromatic rings. The second-order valence-electron chi connectivity index (χ2n) is 6.55. The molecule has 28 heavy (non-hydrogen) atoms. The number of anilines is 1. The van der Waals surface area contributed by atoms with Gasteiger partial charge in [0.25, 0.3) is 0 Å². The minimum Gasteiger partial charge on any atom is -0.326 e. The summed E-state index contributed by atoms with van der Waals surface area (Å²) in [6.45, 7) is 4.01. The van der Waals surface area contributed by atoms with Gasteiger partial charge in [0.1, 0.15) is 11.1 Å². The van der Waals surface area contributed by atoms with E-state index in [-0.39, 0.29) is 5.91 Å². The number of nitrogens with one attached hydrogen (secondary N) is 1. The van der Waals surface area contributed by atoms with E-state index >= 15 is 0 Å². The zero-order valence-electron chi connectivity index (χ0n) is 15.9. The van der Waals surface area contributed by atoms with Crippen LogP contribution >= 0.6 is 11.8 Å². The van der Waals surface area contributed by atoms with Gasteiger partial charge < -0.3 is 5.32 Å². The molecule has 3 rings (SSSR count). The van der Waals surface area contributed by atoms with Crippen LogP contribution in [0.3, 0.4) is 0 Å². The molecule has 5 heteroatoms. The quantitative estimate of drug-likeness (QED) is 0.578. The van der Waals surface area contributed by atoms with Crippen LogP contribution in [-0.2, 0) is 4.79 Å². The van der Waals surface area contributed by atoms with E-state index < -0.39 is 0 Å². The van der Waals surface area contributed by atoms with Crippen LogP contribution in [0.5, 0.6) is 0 Å². The lowest BCUT2D eigenvalue weighted by atomic mass is 10.1. The Kier molecular flexibility index (Phi) is 6.46. The highest BCUT2D eigenvalue weighted by molar-refractivity contribution is 7.99. The largest absolute Gasteiger partial charge is 0.326 e. The van der Waals surface area contributed by atoms with Crippen LogP contribution in [0.25, 0.3) is 11.3 Å². The fraction of sp³-hybridized carbons (Fsp3) is 0.174. The summed E-state index contributed by atoms with van der Waals surface area (Å²) in [6, 6.07) is 21.6. The standard InChI is InChI=1S/C23H21N3OS/c1-16-12-17(2)14-20(13-16)25-22(27)10-11-28-23-19(15-24)8-9-21(26-23)18-6-4-3-5-7-18/h3-9,12-14H,10-11H2,1-2H3,(H,25,27). The van der Waals surface area contributed by atoms with E-state index in [1.165, 1.54) is 11.8 Å². The maximum atomic E-state index is 12.3. The van der Waals surface area contributed by atoms with Crippen LogP contribution in [-0.4, -0.2) is 16.6 Å². The average Bonchev–Trinajstić information content (AvgIpc) is 2.67. The van der Waals surface area contributed by atoms with Crippen molar-refractivity contribution in [2.75, 3.05) is 11.1 Å². The number of carbonyl (C=O) groups excluding carboxylic acids is 1. The highest BCUT2D eigenvalue weighted by atomic mass is 32.2. The third kappa shape index (κ3) is 5.21. The predicted octanol–water partition coefficient (Wildman–Crippen LogP) is 5.36. The van der Waals surface area contributed by atoms with E-state index in [9.17, 15) is 10.1 Å². The van der Waals surface area contributed by atoms with Gasteiger partial charge in [0.2, 0.25) is 5.91 Å².